The average molecular weight is 2030 g/mol. The maximum Gasteiger partial charge on any atom is 3.00 e. The van der Waals surface area contributed by atoms with Crippen LogP contribution in [0.1, 0.15) is 201 Å². The number of amides is 9. The molecule has 0 saturated heterocycles. The summed E-state index contributed by atoms with van der Waals surface area (Å²) in [5.74, 6) is -6.17. The van der Waals surface area contributed by atoms with Crippen LogP contribution in [0.4, 0.5) is 40.3 Å². The number of nitrogens with zero attached hydrogens (tertiary/aromatic N) is 18. The van der Waals surface area contributed by atoms with Gasteiger partial charge in [-0.05, 0) is 76.9 Å². The summed E-state index contributed by atoms with van der Waals surface area (Å²) in [4.78, 5) is 231. The number of anilines is 7. The molecule has 0 spiro atoms. The Kier molecular flexibility index (Phi) is 34.1. The number of phenols is 1. The van der Waals surface area contributed by atoms with Gasteiger partial charge < -0.3 is 130 Å². The van der Waals surface area contributed by atoms with Crippen LogP contribution in [0.15, 0.2) is 141 Å². The van der Waals surface area contributed by atoms with Crippen molar-refractivity contribution in [1.82, 2.24) is 91.2 Å². The summed E-state index contributed by atoms with van der Waals surface area (Å²) in [6.45, 7) is 6.38. The van der Waals surface area contributed by atoms with E-state index in [2.05, 4.69) is 77.4 Å². The van der Waals surface area contributed by atoms with Crippen LogP contribution in [0, 0.1) is 26.7 Å². The predicted molar refractivity (Wildman–Crippen MR) is 521 cm³/mol. The Balaban J connectivity index is 0.00000383. The van der Waals surface area contributed by atoms with Gasteiger partial charge in [0.1, 0.15) is 34.4 Å². The number of hydrogen-bond donors (Lipinski definition) is 10. The monoisotopic (exact) mass is 2030 g/mol. The molecule has 11 aromatic heterocycles. The molecule has 43 nitrogen and oxygen atoms in total. The molecular weight excluding hydrogens is 1920 g/mol. The van der Waals surface area contributed by atoms with Crippen molar-refractivity contribution in [3.8, 4) is 5.75 Å². The Morgan fingerprint density at radius 3 is 1.46 bits per heavy atom. The average Bonchev–Trinajstić information content (AvgIpc) is 1.58. The van der Waals surface area contributed by atoms with Gasteiger partial charge in [0, 0.05) is 238 Å². The number of aryl methyl sites for hydroxylation is 10. The zero-order valence-electron chi connectivity index (χ0n) is 80.0. The fourth-order valence-electron chi connectivity index (χ4n) is 16.7. The zero-order chi connectivity index (χ0) is 99.8. The second-order valence-corrected chi connectivity index (χ2v) is 34.2. The maximum absolute atomic E-state index is 14.1. The van der Waals surface area contributed by atoms with Crippen LogP contribution in [-0.2, 0) is 154 Å². The van der Waals surface area contributed by atoms with E-state index < -0.39 is 47.1 Å². The van der Waals surface area contributed by atoms with E-state index >= 15 is 0 Å². The van der Waals surface area contributed by atoms with E-state index in [-0.39, 0.29) is 265 Å². The normalized spacial score (nSPS) is 11.8. The summed E-state index contributed by atoms with van der Waals surface area (Å²) in [5.41, 5.74) is 6.78. The van der Waals surface area contributed by atoms with Crippen molar-refractivity contribution in [3.63, 3.8) is 0 Å². The van der Waals surface area contributed by atoms with Crippen LogP contribution in [-0.4, -0.2) is 199 Å². The van der Waals surface area contributed by atoms with Crippen LogP contribution in [0.25, 0.3) is 21.7 Å². The van der Waals surface area contributed by atoms with Crippen molar-refractivity contribution in [2.45, 2.75) is 83.5 Å². The number of ketones is 6. The van der Waals surface area contributed by atoms with Crippen molar-refractivity contribution in [2.75, 3.05) is 62.3 Å². The SMILES string of the molecule is CC(=O)Nc1cn(C)c(C(=O)Nc2cn(C)c(C(=O)Nc3cn(C)c(C(=O)NCCC(=O)Nc4cn(C)c(C(=O)Nc5cc(C(=O)Nc6cc(C(=O)NCCCC(=O)Cc7cn(C)c(C(=O)Cc8cn(C)c(C(=O)Cc9cc(C(=O)CCCC(=O)Cc%10cc(C(=O)Cc%11ccc%12cc(C(=O)N%13CC(CCl)c%14c%13cc(O)c%13ccccc%14%13)[nH]c%12c%11)n(C)c%10)n(C)c9)n8)n7)n(C)c6)n(C)c5)n4)n3)n2)n1.[C-]#N.[CH3-].[CH3-].[Y+3]. The van der Waals surface area contributed by atoms with Crippen LogP contribution in [0.3, 0.4) is 0 Å². The molecule has 3 aromatic carbocycles. The van der Waals surface area contributed by atoms with Crippen molar-refractivity contribution in [2.24, 2.45) is 70.5 Å². The second kappa shape index (κ2) is 45.6. The third kappa shape index (κ3) is 24.4. The number of benzene rings is 3. The fourth-order valence-corrected chi connectivity index (χ4v) is 17.0. The van der Waals surface area contributed by atoms with Gasteiger partial charge in [-0.1, -0.05) is 36.4 Å². The molecule has 142 heavy (non-hydrogen) atoms. The van der Waals surface area contributed by atoms with Gasteiger partial charge in [-0.2, -0.15) is 0 Å². The molecule has 1 aliphatic rings. The minimum Gasteiger partial charge on any atom is -0.512 e. The van der Waals surface area contributed by atoms with E-state index in [1.165, 1.54) is 114 Å². The molecule has 0 aliphatic carbocycles. The minimum atomic E-state index is -0.718. The minimum absolute atomic E-state index is 0. The molecule has 45 heteroatoms. The molecule has 9 amide bonds. The zero-order valence-corrected chi connectivity index (χ0v) is 83.6. The predicted octanol–water partition coefficient (Wildman–Crippen LogP) is 9.25. The summed E-state index contributed by atoms with van der Waals surface area (Å²) in [6.07, 6.45) is 15.6. The molecule has 732 valence electrons. The van der Waals surface area contributed by atoms with Gasteiger partial charge in [-0.25, -0.2) is 29.9 Å². The van der Waals surface area contributed by atoms with Crippen molar-refractivity contribution < 1.29 is 110 Å². The molecule has 1 aliphatic heterocycles. The van der Waals surface area contributed by atoms with E-state index in [4.69, 9.17) is 23.4 Å². The van der Waals surface area contributed by atoms with Crippen molar-refractivity contribution >= 4 is 161 Å². The number of rotatable bonds is 39. The Bertz CT molecular complexity index is 7350. The first-order chi connectivity index (χ1) is 66.3. The molecule has 10 N–H and O–H groups in total. The molecule has 12 heterocycles. The van der Waals surface area contributed by atoms with E-state index in [1.807, 2.05) is 42.5 Å². The number of phenolic OH excluding ortho intramolecular Hbond substituents is 1. The standard InChI is InChI=1S/C94H97ClN26O16.CN.2CH3.Y/c1-50(122)98-76-46-118(9)86(105-76)92(135)110-79-49-120(11)87(108-79)93(136)109-78-48-117(8)84(107-78)90(133)97-25-23-80(130)104-77-47-119(10)85(106-77)91(134)102-58-35-70(114(5)43-58)89(132)101-57-34-69(113(4)42-57)88(131)96-24-15-17-61(124)33-56-44-115(6)83(99-56)75(129)36-59-45-116(7)82(100-59)74(128)31-53-29-66(111(2)40-53)71(125)20-14-16-60(123)26-52-28-67(112(3)39-52)73(127)30-51-21-22-54-32-65(103-64(54)27-51)94(137)121-41-55(38-95)81-63-19-13-12-18-62(63)72(126)37-68(81)121;1-2;;;/h12-13,18-19,21-22,27-29,32,34-35,37,39-40,42-49,55,103,126H,14-17,20,23-26,30-31,33,36,38,41H2,1-11H3,(H,96,131)(H,97,133)(H,98,122)(H,101,132)(H,102,134)(H,104,130)(H,109,136)(H,110,135);;2*1H3;/q;3*-1;+3. The van der Waals surface area contributed by atoms with Gasteiger partial charge in [-0.15, -0.1) is 11.6 Å². The number of Topliss-reactive ketones (excluding diaryl/α,β-unsaturated/α-hetero) is 6. The fraction of sp³-hybridized carbons (Fsp3) is 0.278. The number of aromatic hydroxyl groups is 1. The Morgan fingerprint density at radius 1 is 0.423 bits per heavy atom. The third-order valence-electron chi connectivity index (χ3n) is 23.2. The van der Waals surface area contributed by atoms with Gasteiger partial charge in [0.05, 0.1) is 52.7 Å². The van der Waals surface area contributed by atoms with Crippen molar-refractivity contribution in [1.29, 1.82) is 5.26 Å². The summed E-state index contributed by atoms with van der Waals surface area (Å²) < 4.78 is 14.9. The summed E-state index contributed by atoms with van der Waals surface area (Å²) in [6, 6.07) is 22.7. The number of carbonyl (C=O) groups is 15. The molecule has 15 rings (SSSR count). The summed E-state index contributed by atoms with van der Waals surface area (Å²) >= 11 is 6.44. The second-order valence-electron chi connectivity index (χ2n) is 33.9. The number of halogens is 1. The van der Waals surface area contributed by atoms with E-state index in [9.17, 15) is 77.0 Å². The maximum atomic E-state index is 14.1. The van der Waals surface area contributed by atoms with Crippen LogP contribution in [0.2, 0.25) is 0 Å². The summed E-state index contributed by atoms with van der Waals surface area (Å²) in [5, 5.41) is 40.6. The van der Waals surface area contributed by atoms with Gasteiger partial charge in [-0.3, -0.25) is 71.9 Å². The number of H-pyrrole nitrogens is 1. The topological polar surface area (TPSA) is 542 Å². The molecule has 0 saturated carbocycles. The number of nitrogens with one attached hydrogen (secondary N) is 9. The van der Waals surface area contributed by atoms with Gasteiger partial charge in [0.2, 0.25) is 46.7 Å². The molecule has 1 atom stereocenters. The Labute approximate surface area is 843 Å². The number of aromatic nitrogens is 17. The summed E-state index contributed by atoms with van der Waals surface area (Å²) in [7, 11) is 16.0. The number of carbonyl (C=O) groups excluding carboxylic acids is 15. The largest absolute Gasteiger partial charge is 3.00 e. The van der Waals surface area contributed by atoms with E-state index in [0.717, 1.165) is 21.9 Å². The number of hydrogen-bond acceptors (Lipinski definition) is 23. The number of aromatic amines is 1. The smallest absolute Gasteiger partial charge is 0.512 e. The van der Waals surface area contributed by atoms with Crippen molar-refractivity contribution in [3.05, 3.63) is 259 Å². The quantitative estimate of drug-likeness (QED) is 0.00742. The van der Waals surface area contributed by atoms with Gasteiger partial charge in [0.15, 0.2) is 46.5 Å². The molecular formula is C97H103ClN27O16Y. The van der Waals surface area contributed by atoms with Crippen LogP contribution >= 0.6 is 11.6 Å². The Morgan fingerprint density at radius 2 is 0.887 bits per heavy atom. The van der Waals surface area contributed by atoms with Crippen LogP contribution < -0.4 is 47.4 Å². The first kappa shape index (κ1) is 106. The van der Waals surface area contributed by atoms with Crippen LogP contribution in [0.5, 0.6) is 5.75 Å². The third-order valence-corrected chi connectivity index (χ3v) is 23.5. The molecule has 0 fully saturated rings. The number of imidazole rings is 6. The van der Waals surface area contributed by atoms with E-state index in [0.29, 0.717) is 68.6 Å². The Hall–Kier alpha value is -16.2. The van der Waals surface area contributed by atoms with Gasteiger partial charge in [0.25, 0.3) is 41.4 Å². The van der Waals surface area contributed by atoms with E-state index in [1.54, 1.807) is 112 Å². The molecule has 0 radical (unpaired) electrons. The number of fused-ring (bicyclic) bond motifs is 4. The number of alkyl halides is 1. The molecule has 1 unspecified atom stereocenters. The first-order valence-corrected chi connectivity index (χ1v) is 44.2. The van der Waals surface area contributed by atoms with Gasteiger partial charge >= 0.3 is 32.7 Å². The first-order valence-electron chi connectivity index (χ1n) is 43.7. The molecule has 14 aromatic rings. The molecule has 0 bridgehead atoms.